The number of rotatable bonds is 3. The molecule has 0 aliphatic rings. The molecule has 0 amide bonds. The highest BCUT2D eigenvalue weighted by atomic mass is 35.5. The third kappa shape index (κ3) is 3.08. The second-order valence-electron chi connectivity index (χ2n) is 4.70. The van der Waals surface area contributed by atoms with Crippen LogP contribution in [0.2, 0.25) is 0 Å². The van der Waals surface area contributed by atoms with Crippen LogP contribution in [0.25, 0.3) is 22.0 Å². The molecule has 0 saturated carbocycles. The number of nitrogens with zero attached hydrogens (tertiary/aromatic N) is 1. The van der Waals surface area contributed by atoms with Crippen LogP contribution >= 0.6 is 23.4 Å². The molecule has 2 aromatic carbocycles. The monoisotopic (exact) mass is 328 g/mol. The third-order valence-corrected chi connectivity index (χ3v) is 4.28. The van der Waals surface area contributed by atoms with E-state index in [4.69, 9.17) is 11.6 Å². The van der Waals surface area contributed by atoms with Crippen LogP contribution in [0.1, 0.15) is 11.4 Å². The molecular formula is C17H13ClN2OS. The Labute approximate surface area is 137 Å². The summed E-state index contributed by atoms with van der Waals surface area (Å²) in [5, 5.41) is 0.958. The summed E-state index contributed by atoms with van der Waals surface area (Å²) in [6, 6.07) is 15.2. The predicted octanol–water partition coefficient (Wildman–Crippen LogP) is 4.38. The molecule has 0 fully saturated rings. The first-order valence-corrected chi connectivity index (χ1v) is 8.28. The molecule has 0 atom stereocenters. The van der Waals surface area contributed by atoms with Crippen LogP contribution < -0.4 is 5.56 Å². The van der Waals surface area contributed by atoms with E-state index in [2.05, 4.69) is 9.97 Å². The molecular weight excluding hydrogens is 316 g/mol. The van der Waals surface area contributed by atoms with Crippen LogP contribution in [0, 0.1) is 0 Å². The summed E-state index contributed by atoms with van der Waals surface area (Å²) in [5.41, 5.74) is 1.40. The van der Waals surface area contributed by atoms with E-state index in [-0.39, 0.29) is 5.56 Å². The Morgan fingerprint density at radius 1 is 1.18 bits per heavy atom. The van der Waals surface area contributed by atoms with Gasteiger partial charge in [-0.25, -0.2) is 4.98 Å². The second-order valence-corrected chi connectivity index (χ2v) is 5.98. The Morgan fingerprint density at radius 2 is 1.91 bits per heavy atom. The van der Waals surface area contributed by atoms with Gasteiger partial charge in [0.2, 0.25) is 0 Å². The van der Waals surface area contributed by atoms with Crippen LogP contribution in [-0.2, 0) is 0 Å². The molecule has 3 aromatic rings. The zero-order chi connectivity index (χ0) is 15.5. The molecule has 5 heteroatoms. The average Bonchev–Trinajstić information content (AvgIpc) is 2.55. The number of benzene rings is 2. The number of para-hydroxylation sites is 1. The van der Waals surface area contributed by atoms with Crippen molar-refractivity contribution in [2.75, 3.05) is 6.26 Å². The number of thioether (sulfide) groups is 1. The van der Waals surface area contributed by atoms with E-state index in [0.29, 0.717) is 21.8 Å². The number of H-pyrrole nitrogens is 1. The molecule has 3 rings (SSSR count). The minimum absolute atomic E-state index is 0.190. The lowest BCUT2D eigenvalue weighted by Gasteiger charge is -2.02. The van der Waals surface area contributed by atoms with E-state index in [9.17, 15) is 4.79 Å². The SMILES string of the molecule is CSc1ccc(/C=C(\Cl)c2nc3ccccc3c(=O)[nH]2)cc1. The molecule has 0 spiro atoms. The van der Waals surface area contributed by atoms with Crippen LogP contribution in [0.3, 0.4) is 0 Å². The van der Waals surface area contributed by atoms with E-state index in [0.717, 1.165) is 5.56 Å². The molecule has 1 aromatic heterocycles. The van der Waals surface area contributed by atoms with Crippen LogP contribution in [0.15, 0.2) is 58.2 Å². The number of aromatic nitrogens is 2. The van der Waals surface area contributed by atoms with Gasteiger partial charge in [-0.2, -0.15) is 0 Å². The molecule has 0 saturated heterocycles. The first-order chi connectivity index (χ1) is 10.7. The minimum atomic E-state index is -0.190. The van der Waals surface area contributed by atoms with Gasteiger partial charge in [-0.05, 0) is 42.2 Å². The zero-order valence-corrected chi connectivity index (χ0v) is 13.4. The average molecular weight is 329 g/mol. The fraction of sp³-hybridized carbons (Fsp3) is 0.0588. The summed E-state index contributed by atoms with van der Waals surface area (Å²) in [5.74, 6) is 0.374. The molecule has 0 aliphatic heterocycles. The highest BCUT2D eigenvalue weighted by Gasteiger charge is 2.06. The Bertz CT molecular complexity index is 900. The van der Waals surface area contributed by atoms with Gasteiger partial charge in [0.1, 0.15) is 0 Å². The lowest BCUT2D eigenvalue weighted by Crippen LogP contribution is -2.10. The summed E-state index contributed by atoms with van der Waals surface area (Å²) < 4.78 is 0. The summed E-state index contributed by atoms with van der Waals surface area (Å²) in [6.07, 6.45) is 3.82. The third-order valence-electron chi connectivity index (χ3n) is 3.25. The van der Waals surface area contributed by atoms with Crippen LogP contribution in [-0.4, -0.2) is 16.2 Å². The van der Waals surface area contributed by atoms with E-state index >= 15 is 0 Å². The Morgan fingerprint density at radius 3 is 2.64 bits per heavy atom. The Balaban J connectivity index is 2.02. The van der Waals surface area contributed by atoms with Gasteiger partial charge in [0.05, 0.1) is 15.9 Å². The number of hydrogen-bond donors (Lipinski definition) is 1. The van der Waals surface area contributed by atoms with Crippen molar-refractivity contribution in [2.24, 2.45) is 0 Å². The normalized spacial score (nSPS) is 11.8. The summed E-state index contributed by atoms with van der Waals surface area (Å²) in [4.78, 5) is 20.4. The van der Waals surface area contributed by atoms with Gasteiger partial charge in [-0.3, -0.25) is 4.79 Å². The molecule has 22 heavy (non-hydrogen) atoms. The van der Waals surface area contributed by atoms with Gasteiger partial charge in [-0.1, -0.05) is 35.9 Å². The second kappa shape index (κ2) is 6.38. The fourth-order valence-corrected chi connectivity index (χ4v) is 2.74. The molecule has 110 valence electrons. The number of aromatic amines is 1. The number of halogens is 1. The highest BCUT2D eigenvalue weighted by Crippen LogP contribution is 2.21. The van der Waals surface area contributed by atoms with E-state index in [1.807, 2.05) is 42.7 Å². The van der Waals surface area contributed by atoms with E-state index < -0.39 is 0 Å². The van der Waals surface area contributed by atoms with Gasteiger partial charge in [0.15, 0.2) is 5.82 Å². The van der Waals surface area contributed by atoms with Crippen LogP contribution in [0.4, 0.5) is 0 Å². The first kappa shape index (κ1) is 14.9. The number of nitrogens with one attached hydrogen (secondary N) is 1. The summed E-state index contributed by atoms with van der Waals surface area (Å²) in [7, 11) is 0. The zero-order valence-electron chi connectivity index (χ0n) is 11.8. The van der Waals surface area contributed by atoms with Crippen molar-refractivity contribution >= 4 is 45.4 Å². The molecule has 1 N–H and O–H groups in total. The molecule has 0 bridgehead atoms. The summed E-state index contributed by atoms with van der Waals surface area (Å²) in [6.45, 7) is 0. The maximum atomic E-state index is 12.1. The van der Waals surface area contributed by atoms with Crippen molar-refractivity contribution in [3.05, 3.63) is 70.3 Å². The van der Waals surface area contributed by atoms with Crippen molar-refractivity contribution in [1.29, 1.82) is 0 Å². The molecule has 0 unspecified atom stereocenters. The minimum Gasteiger partial charge on any atom is -0.305 e. The van der Waals surface area contributed by atoms with E-state index in [1.54, 1.807) is 30.0 Å². The maximum absolute atomic E-state index is 12.1. The van der Waals surface area contributed by atoms with Crippen LogP contribution in [0.5, 0.6) is 0 Å². The van der Waals surface area contributed by atoms with Gasteiger partial charge >= 0.3 is 0 Å². The molecule has 0 radical (unpaired) electrons. The maximum Gasteiger partial charge on any atom is 0.259 e. The lowest BCUT2D eigenvalue weighted by molar-refractivity contribution is 1.14. The van der Waals surface area contributed by atoms with E-state index in [1.165, 1.54) is 4.90 Å². The topological polar surface area (TPSA) is 45.8 Å². The van der Waals surface area contributed by atoms with Gasteiger partial charge in [-0.15, -0.1) is 11.8 Å². The highest BCUT2D eigenvalue weighted by molar-refractivity contribution is 7.98. The van der Waals surface area contributed by atoms with Gasteiger partial charge < -0.3 is 4.98 Å². The molecule has 1 heterocycles. The largest absolute Gasteiger partial charge is 0.305 e. The molecule has 3 nitrogen and oxygen atoms in total. The molecule has 0 aliphatic carbocycles. The van der Waals surface area contributed by atoms with Crippen molar-refractivity contribution in [3.63, 3.8) is 0 Å². The van der Waals surface area contributed by atoms with Crippen molar-refractivity contribution in [1.82, 2.24) is 9.97 Å². The number of hydrogen-bond acceptors (Lipinski definition) is 3. The Hall–Kier alpha value is -2.04. The fourth-order valence-electron chi connectivity index (χ4n) is 2.11. The van der Waals surface area contributed by atoms with Crippen molar-refractivity contribution in [2.45, 2.75) is 4.90 Å². The standard InChI is InChI=1S/C17H13ClN2OS/c1-22-12-8-6-11(7-9-12)10-14(18)16-19-15-5-3-2-4-13(15)17(21)20-16/h2-10H,1H3,(H,19,20,21)/b14-10-. The van der Waals surface area contributed by atoms with Crippen molar-refractivity contribution < 1.29 is 0 Å². The number of fused-ring (bicyclic) bond motifs is 1. The van der Waals surface area contributed by atoms with Crippen molar-refractivity contribution in [3.8, 4) is 0 Å². The quantitative estimate of drug-likeness (QED) is 0.726. The van der Waals surface area contributed by atoms with Gasteiger partial charge in [0, 0.05) is 4.90 Å². The Kier molecular flexibility index (Phi) is 4.32. The van der Waals surface area contributed by atoms with Gasteiger partial charge in [0.25, 0.3) is 5.56 Å². The predicted molar refractivity (Wildman–Crippen MR) is 94.3 cm³/mol. The lowest BCUT2D eigenvalue weighted by atomic mass is 10.2. The first-order valence-electron chi connectivity index (χ1n) is 6.68. The smallest absolute Gasteiger partial charge is 0.259 e. The summed E-state index contributed by atoms with van der Waals surface area (Å²) >= 11 is 7.99.